The lowest BCUT2D eigenvalue weighted by Gasteiger charge is -2.42. The van der Waals surface area contributed by atoms with Gasteiger partial charge in [0.2, 0.25) is 0 Å². The van der Waals surface area contributed by atoms with Crippen molar-refractivity contribution in [3.05, 3.63) is 48.4 Å². The number of pyridine rings is 2. The number of likely N-dealkylation sites (tertiary alicyclic amines) is 1. The molecule has 0 aliphatic carbocycles. The Balaban J connectivity index is 1.40. The molecule has 0 amide bonds. The number of thiazole rings is 1. The van der Waals surface area contributed by atoms with Crippen LogP contribution in [0.2, 0.25) is 0 Å². The van der Waals surface area contributed by atoms with E-state index in [4.69, 9.17) is 16.3 Å². The summed E-state index contributed by atoms with van der Waals surface area (Å²) in [6.45, 7) is 3.50. The van der Waals surface area contributed by atoms with E-state index in [9.17, 15) is 5.11 Å². The molecule has 7 nitrogen and oxygen atoms in total. The topological polar surface area (TPSA) is 83.4 Å². The van der Waals surface area contributed by atoms with Crippen molar-refractivity contribution < 1.29 is 9.84 Å². The van der Waals surface area contributed by atoms with Gasteiger partial charge in [-0.15, -0.1) is 11.6 Å². The Morgan fingerprint density at radius 2 is 2.21 bits per heavy atom. The number of nitrogens with one attached hydrogen (secondary N) is 1. The van der Waals surface area contributed by atoms with Gasteiger partial charge < -0.3 is 15.2 Å². The second kappa shape index (κ2) is 9.04. The molecular weight excluding hydrogens is 410 g/mol. The third kappa shape index (κ3) is 4.84. The van der Waals surface area contributed by atoms with E-state index in [1.54, 1.807) is 12.4 Å². The minimum Gasteiger partial charge on any atom is -0.488 e. The number of aliphatic hydroxyl groups excluding tert-OH is 1. The Kier molecular flexibility index (Phi) is 6.25. The summed E-state index contributed by atoms with van der Waals surface area (Å²) < 4.78 is 6.08. The molecule has 0 bridgehead atoms. The highest BCUT2D eigenvalue weighted by Crippen LogP contribution is 2.30. The first-order chi connectivity index (χ1) is 14.1. The Labute approximate surface area is 178 Å². The summed E-state index contributed by atoms with van der Waals surface area (Å²) in [5.41, 5.74) is 1.75. The van der Waals surface area contributed by atoms with Gasteiger partial charge in [-0.25, -0.2) is 9.97 Å². The lowest BCUT2D eigenvalue weighted by atomic mass is 10.1. The zero-order chi connectivity index (χ0) is 20.2. The maximum atomic E-state index is 9.33. The summed E-state index contributed by atoms with van der Waals surface area (Å²) in [5, 5.41) is 13.3. The van der Waals surface area contributed by atoms with Crippen LogP contribution in [0.4, 0.5) is 10.9 Å². The number of alkyl halides is 1. The number of hydrogen-bond acceptors (Lipinski definition) is 8. The van der Waals surface area contributed by atoms with Gasteiger partial charge >= 0.3 is 0 Å². The molecule has 1 saturated heterocycles. The first-order valence-electron chi connectivity index (χ1n) is 9.35. The molecule has 0 aromatic carbocycles. The van der Waals surface area contributed by atoms with Gasteiger partial charge in [-0.05, 0) is 19.1 Å². The van der Waals surface area contributed by atoms with Gasteiger partial charge in [0, 0.05) is 55.2 Å². The third-order valence-corrected chi connectivity index (χ3v) is 5.96. The lowest BCUT2D eigenvalue weighted by Crippen LogP contribution is -2.59. The number of aryl methyl sites for hydroxylation is 1. The van der Waals surface area contributed by atoms with E-state index in [0.717, 1.165) is 40.2 Å². The summed E-state index contributed by atoms with van der Waals surface area (Å²) in [5.74, 6) is 1.87. The minimum atomic E-state index is -0.00822. The summed E-state index contributed by atoms with van der Waals surface area (Å²) in [4.78, 5) is 16.4. The molecule has 1 aliphatic rings. The monoisotopic (exact) mass is 431 g/mol. The van der Waals surface area contributed by atoms with Gasteiger partial charge in [0.05, 0.1) is 17.2 Å². The van der Waals surface area contributed by atoms with Crippen molar-refractivity contribution in [2.75, 3.05) is 30.9 Å². The number of aromatic nitrogens is 3. The van der Waals surface area contributed by atoms with Crippen molar-refractivity contribution in [3.63, 3.8) is 0 Å². The van der Waals surface area contributed by atoms with E-state index in [0.29, 0.717) is 11.7 Å². The van der Waals surface area contributed by atoms with Gasteiger partial charge in [-0.2, -0.15) is 0 Å². The van der Waals surface area contributed by atoms with Crippen molar-refractivity contribution in [1.82, 2.24) is 19.9 Å². The molecule has 1 aliphatic heterocycles. The fourth-order valence-corrected chi connectivity index (χ4v) is 4.23. The van der Waals surface area contributed by atoms with Gasteiger partial charge in [0.25, 0.3) is 0 Å². The summed E-state index contributed by atoms with van der Waals surface area (Å²) >= 11 is 7.40. The Morgan fingerprint density at radius 3 is 2.93 bits per heavy atom. The fraction of sp³-hybridized carbons (Fsp3) is 0.350. The van der Waals surface area contributed by atoms with Crippen LogP contribution >= 0.6 is 22.9 Å². The molecule has 0 saturated carbocycles. The molecule has 3 aromatic rings. The first kappa shape index (κ1) is 20.0. The van der Waals surface area contributed by atoms with Crippen LogP contribution in [0.5, 0.6) is 5.75 Å². The molecule has 29 heavy (non-hydrogen) atoms. The fourth-order valence-electron chi connectivity index (χ4n) is 3.13. The highest BCUT2D eigenvalue weighted by Gasteiger charge is 2.33. The van der Waals surface area contributed by atoms with Gasteiger partial charge in [0.1, 0.15) is 17.7 Å². The number of halogens is 1. The predicted molar refractivity (Wildman–Crippen MR) is 115 cm³/mol. The zero-order valence-electron chi connectivity index (χ0n) is 16.0. The van der Waals surface area contributed by atoms with Crippen molar-refractivity contribution in [1.29, 1.82) is 0 Å². The second-order valence-electron chi connectivity index (χ2n) is 6.88. The number of hydrogen-bond donors (Lipinski definition) is 2. The zero-order valence-corrected chi connectivity index (χ0v) is 17.5. The second-order valence-corrected chi connectivity index (χ2v) is 8.22. The van der Waals surface area contributed by atoms with E-state index >= 15 is 0 Å². The summed E-state index contributed by atoms with van der Waals surface area (Å²) in [6.07, 6.45) is 3.66. The maximum Gasteiger partial charge on any atom is 0.188 e. The molecule has 2 N–H and O–H groups in total. The molecule has 1 fully saturated rings. The highest BCUT2D eigenvalue weighted by atomic mass is 35.5. The van der Waals surface area contributed by atoms with Crippen molar-refractivity contribution >= 4 is 33.9 Å². The first-order valence-corrected chi connectivity index (χ1v) is 10.7. The molecule has 1 atom stereocenters. The highest BCUT2D eigenvalue weighted by molar-refractivity contribution is 7.18. The largest absolute Gasteiger partial charge is 0.488 e. The van der Waals surface area contributed by atoms with Crippen molar-refractivity contribution in [2.24, 2.45) is 0 Å². The Morgan fingerprint density at radius 1 is 1.34 bits per heavy atom. The lowest BCUT2D eigenvalue weighted by molar-refractivity contribution is -0.0175. The standard InChI is InChI=1S/C20H22ClN5O2S/c1-13-6-15(28-16-10-26(11-16)14(8-21)12-27)7-19(24-13)25-20-23-9-18(29-20)17-4-2-3-5-22-17/h2-7,9,14,16,27H,8,10-12H2,1H3,(H,23,24,25). The summed E-state index contributed by atoms with van der Waals surface area (Å²) in [6, 6.07) is 9.59. The van der Waals surface area contributed by atoms with Crippen molar-refractivity contribution in [2.45, 2.75) is 19.1 Å². The average molecular weight is 432 g/mol. The molecular formula is C20H22ClN5O2S. The molecule has 4 heterocycles. The molecule has 9 heteroatoms. The molecule has 4 rings (SSSR count). The van der Waals surface area contributed by atoms with Crippen LogP contribution in [0.3, 0.4) is 0 Å². The van der Waals surface area contributed by atoms with E-state index in [1.165, 1.54) is 11.3 Å². The number of aliphatic hydroxyl groups is 1. The number of rotatable bonds is 8. The van der Waals surface area contributed by atoms with Crippen LogP contribution < -0.4 is 10.1 Å². The minimum absolute atomic E-state index is 0.00822. The predicted octanol–water partition coefficient (Wildman–Crippen LogP) is 3.31. The summed E-state index contributed by atoms with van der Waals surface area (Å²) in [7, 11) is 0. The number of ether oxygens (including phenoxy) is 1. The van der Waals surface area contributed by atoms with E-state index < -0.39 is 0 Å². The number of anilines is 2. The average Bonchev–Trinajstić information content (AvgIpc) is 3.15. The molecule has 152 valence electrons. The van der Waals surface area contributed by atoms with E-state index in [2.05, 4.69) is 25.2 Å². The van der Waals surface area contributed by atoms with Crippen LogP contribution in [-0.4, -0.2) is 62.7 Å². The Bertz CT molecular complexity index is 945. The quantitative estimate of drug-likeness (QED) is 0.529. The van der Waals surface area contributed by atoms with Gasteiger partial charge in [-0.1, -0.05) is 17.4 Å². The Hall–Kier alpha value is -2.26. The number of nitrogens with zero attached hydrogens (tertiary/aromatic N) is 4. The third-order valence-electron chi connectivity index (χ3n) is 4.67. The molecule has 0 radical (unpaired) electrons. The van der Waals surface area contributed by atoms with Crippen LogP contribution in [0, 0.1) is 6.92 Å². The van der Waals surface area contributed by atoms with Crippen LogP contribution in [0.15, 0.2) is 42.7 Å². The molecule has 1 unspecified atom stereocenters. The van der Waals surface area contributed by atoms with Crippen LogP contribution in [0.25, 0.3) is 10.6 Å². The van der Waals surface area contributed by atoms with E-state index in [1.807, 2.05) is 37.3 Å². The van der Waals surface area contributed by atoms with E-state index in [-0.39, 0.29) is 18.8 Å². The van der Waals surface area contributed by atoms with Crippen LogP contribution in [0.1, 0.15) is 5.69 Å². The normalized spacial score (nSPS) is 15.7. The van der Waals surface area contributed by atoms with Gasteiger partial charge in [-0.3, -0.25) is 9.88 Å². The molecule has 0 spiro atoms. The van der Waals surface area contributed by atoms with Gasteiger partial charge in [0.15, 0.2) is 5.13 Å². The van der Waals surface area contributed by atoms with Crippen LogP contribution in [-0.2, 0) is 0 Å². The smallest absolute Gasteiger partial charge is 0.188 e. The maximum absolute atomic E-state index is 9.33. The van der Waals surface area contributed by atoms with Crippen molar-refractivity contribution in [3.8, 4) is 16.3 Å². The molecule has 3 aromatic heterocycles. The SMILES string of the molecule is Cc1cc(OC2CN(C(CO)CCl)C2)cc(Nc2ncc(-c3ccccn3)s2)n1.